The molecule has 0 spiro atoms. The predicted octanol–water partition coefficient (Wildman–Crippen LogP) is 0.974. The van der Waals surface area contributed by atoms with Crippen LogP contribution in [0, 0.1) is 6.92 Å². The van der Waals surface area contributed by atoms with Gasteiger partial charge in [0.2, 0.25) is 5.91 Å². The van der Waals surface area contributed by atoms with Crippen LogP contribution in [-0.4, -0.2) is 23.0 Å². The van der Waals surface area contributed by atoms with Crippen molar-refractivity contribution in [2.75, 3.05) is 0 Å². The summed E-state index contributed by atoms with van der Waals surface area (Å²) in [6.45, 7) is 3.80. The molecule has 1 aromatic rings. The first kappa shape index (κ1) is 14.2. The van der Waals surface area contributed by atoms with Crippen LogP contribution in [0.4, 0.5) is 0 Å². The number of aryl methyl sites for hydroxylation is 1. The smallest absolute Gasteiger partial charge is 0.305 e. The van der Waals surface area contributed by atoms with Crippen LogP contribution >= 0.6 is 0 Å². The molecule has 5 nitrogen and oxygen atoms in total. The Kier molecular flexibility index (Phi) is 4.85. The van der Waals surface area contributed by atoms with E-state index >= 15 is 0 Å². The van der Waals surface area contributed by atoms with Gasteiger partial charge in [-0.15, -0.1) is 0 Å². The van der Waals surface area contributed by atoms with Crippen molar-refractivity contribution in [3.8, 4) is 0 Å². The number of hydrogen-bond donors (Lipinski definition) is 3. The zero-order chi connectivity index (χ0) is 13.7. The Balaban J connectivity index is 2.62. The number of carbonyl (C=O) groups excluding carboxylic acids is 1. The number of rotatable bonds is 5. The molecule has 98 valence electrons. The molecule has 1 amide bonds. The minimum atomic E-state index is -1.08. The molecule has 0 aliphatic rings. The van der Waals surface area contributed by atoms with Crippen molar-refractivity contribution in [2.45, 2.75) is 32.4 Å². The van der Waals surface area contributed by atoms with Crippen molar-refractivity contribution in [3.63, 3.8) is 0 Å². The summed E-state index contributed by atoms with van der Waals surface area (Å²) in [6, 6.07) is 6.53. The number of carbonyl (C=O) groups is 2. The highest BCUT2D eigenvalue weighted by Gasteiger charge is 2.19. The lowest BCUT2D eigenvalue weighted by Crippen LogP contribution is -2.42. The van der Waals surface area contributed by atoms with E-state index < -0.39 is 17.9 Å². The highest BCUT2D eigenvalue weighted by atomic mass is 16.4. The van der Waals surface area contributed by atoms with Crippen molar-refractivity contribution < 1.29 is 14.7 Å². The molecule has 0 aliphatic carbocycles. The number of benzene rings is 1. The standard InChI is InChI=1S/C13H18N2O3/c1-8-4-3-5-10(6-8)9(2)15-13(18)11(14)7-12(16)17/h3-6,9,11H,7,14H2,1-2H3,(H,15,18)(H,16,17)/t9-,11?/m0/s1. The summed E-state index contributed by atoms with van der Waals surface area (Å²) in [6.07, 6.45) is -0.369. The van der Waals surface area contributed by atoms with Gasteiger partial charge in [-0.25, -0.2) is 0 Å². The average Bonchev–Trinajstić information content (AvgIpc) is 2.27. The summed E-state index contributed by atoms with van der Waals surface area (Å²) in [7, 11) is 0. The van der Waals surface area contributed by atoms with Gasteiger partial charge in [0.1, 0.15) is 0 Å². The third-order valence-electron chi connectivity index (χ3n) is 2.63. The molecule has 0 bridgehead atoms. The number of nitrogens with two attached hydrogens (primary N) is 1. The molecule has 1 aromatic carbocycles. The van der Waals surface area contributed by atoms with E-state index in [-0.39, 0.29) is 12.5 Å². The van der Waals surface area contributed by atoms with Crippen LogP contribution in [0.3, 0.4) is 0 Å². The monoisotopic (exact) mass is 250 g/mol. The maximum atomic E-state index is 11.6. The largest absolute Gasteiger partial charge is 0.481 e. The fraction of sp³-hybridized carbons (Fsp3) is 0.385. The van der Waals surface area contributed by atoms with Crippen LogP contribution in [0.5, 0.6) is 0 Å². The molecule has 0 saturated heterocycles. The number of aliphatic carboxylic acids is 1. The number of carboxylic acids is 1. The lowest BCUT2D eigenvalue weighted by atomic mass is 10.1. The van der Waals surface area contributed by atoms with Crippen molar-refractivity contribution in [1.82, 2.24) is 5.32 Å². The summed E-state index contributed by atoms with van der Waals surface area (Å²) in [4.78, 5) is 22.1. The number of hydrogen-bond acceptors (Lipinski definition) is 3. The molecule has 5 heteroatoms. The summed E-state index contributed by atoms with van der Waals surface area (Å²) in [5.74, 6) is -1.53. The van der Waals surface area contributed by atoms with Gasteiger partial charge in [0.15, 0.2) is 0 Å². The maximum Gasteiger partial charge on any atom is 0.305 e. The maximum absolute atomic E-state index is 11.6. The second-order valence-electron chi connectivity index (χ2n) is 4.35. The van der Waals surface area contributed by atoms with E-state index in [0.717, 1.165) is 11.1 Å². The van der Waals surface area contributed by atoms with Crippen molar-refractivity contribution in [3.05, 3.63) is 35.4 Å². The zero-order valence-corrected chi connectivity index (χ0v) is 10.5. The highest BCUT2D eigenvalue weighted by Crippen LogP contribution is 2.13. The third kappa shape index (κ3) is 4.18. The van der Waals surface area contributed by atoms with Crippen molar-refractivity contribution in [2.24, 2.45) is 5.73 Å². The van der Waals surface area contributed by atoms with E-state index in [4.69, 9.17) is 10.8 Å². The summed E-state index contributed by atoms with van der Waals surface area (Å²) < 4.78 is 0. The highest BCUT2D eigenvalue weighted by molar-refractivity contribution is 5.86. The topological polar surface area (TPSA) is 92.4 Å². The van der Waals surface area contributed by atoms with Gasteiger partial charge >= 0.3 is 5.97 Å². The van der Waals surface area contributed by atoms with Gasteiger partial charge in [-0.3, -0.25) is 9.59 Å². The first-order valence-corrected chi connectivity index (χ1v) is 5.74. The predicted molar refractivity (Wildman–Crippen MR) is 68.0 cm³/mol. The molecule has 4 N–H and O–H groups in total. The van der Waals surface area contributed by atoms with Gasteiger partial charge < -0.3 is 16.2 Å². The Labute approximate surface area is 106 Å². The molecule has 1 unspecified atom stereocenters. The average molecular weight is 250 g/mol. The fourth-order valence-corrected chi connectivity index (χ4v) is 1.62. The summed E-state index contributed by atoms with van der Waals surface area (Å²) >= 11 is 0. The van der Waals surface area contributed by atoms with Crippen molar-refractivity contribution in [1.29, 1.82) is 0 Å². The Bertz CT molecular complexity index is 446. The second kappa shape index (κ2) is 6.16. The van der Waals surface area contributed by atoms with Gasteiger partial charge in [0.25, 0.3) is 0 Å². The number of carboxylic acid groups (broad SMARTS) is 1. The summed E-state index contributed by atoms with van der Waals surface area (Å²) in [5.41, 5.74) is 7.55. The Hall–Kier alpha value is -1.88. The van der Waals surface area contributed by atoms with E-state index in [1.54, 1.807) is 0 Å². The lowest BCUT2D eigenvalue weighted by molar-refractivity contribution is -0.139. The van der Waals surface area contributed by atoms with Crippen LogP contribution in [0.25, 0.3) is 0 Å². The first-order chi connectivity index (χ1) is 8.40. The molecule has 2 atom stereocenters. The molecule has 0 saturated carbocycles. The van der Waals surface area contributed by atoms with Gasteiger partial charge in [-0.05, 0) is 19.4 Å². The van der Waals surface area contributed by atoms with E-state index in [0.29, 0.717) is 0 Å². The Morgan fingerprint density at radius 2 is 2.11 bits per heavy atom. The second-order valence-corrected chi connectivity index (χ2v) is 4.35. The van der Waals surface area contributed by atoms with Gasteiger partial charge in [-0.1, -0.05) is 29.8 Å². The molecule has 0 heterocycles. The minimum absolute atomic E-state index is 0.197. The molecular weight excluding hydrogens is 232 g/mol. The first-order valence-electron chi connectivity index (χ1n) is 5.74. The van der Waals surface area contributed by atoms with E-state index in [9.17, 15) is 9.59 Å². The molecule has 1 rings (SSSR count). The number of nitrogens with one attached hydrogen (secondary N) is 1. The number of amides is 1. The van der Waals surface area contributed by atoms with Crippen LogP contribution in [0.2, 0.25) is 0 Å². The Morgan fingerprint density at radius 3 is 2.67 bits per heavy atom. The lowest BCUT2D eigenvalue weighted by Gasteiger charge is -2.17. The molecule has 0 aromatic heterocycles. The van der Waals surface area contributed by atoms with Crippen LogP contribution in [-0.2, 0) is 9.59 Å². The van der Waals surface area contributed by atoms with Gasteiger partial charge in [-0.2, -0.15) is 0 Å². The Morgan fingerprint density at radius 1 is 1.44 bits per heavy atom. The van der Waals surface area contributed by atoms with Gasteiger partial charge in [0, 0.05) is 0 Å². The van der Waals surface area contributed by atoms with Crippen LogP contribution in [0.15, 0.2) is 24.3 Å². The SMILES string of the molecule is Cc1cccc([C@H](C)NC(=O)C(N)CC(=O)O)c1. The molecule has 18 heavy (non-hydrogen) atoms. The zero-order valence-electron chi connectivity index (χ0n) is 10.5. The quantitative estimate of drug-likeness (QED) is 0.726. The summed E-state index contributed by atoms with van der Waals surface area (Å²) in [5, 5.41) is 11.3. The fourth-order valence-electron chi connectivity index (χ4n) is 1.62. The van der Waals surface area contributed by atoms with Crippen LogP contribution < -0.4 is 11.1 Å². The molecule has 0 fully saturated rings. The van der Waals surface area contributed by atoms with E-state index in [1.807, 2.05) is 38.1 Å². The van der Waals surface area contributed by atoms with Crippen molar-refractivity contribution >= 4 is 11.9 Å². The van der Waals surface area contributed by atoms with Crippen LogP contribution in [0.1, 0.15) is 30.5 Å². The molecule has 0 aliphatic heterocycles. The normalized spacial score (nSPS) is 13.7. The minimum Gasteiger partial charge on any atom is -0.481 e. The third-order valence-corrected chi connectivity index (χ3v) is 2.63. The van der Waals surface area contributed by atoms with E-state index in [2.05, 4.69) is 5.32 Å². The van der Waals surface area contributed by atoms with E-state index in [1.165, 1.54) is 0 Å². The molecular formula is C13H18N2O3. The van der Waals surface area contributed by atoms with Gasteiger partial charge in [0.05, 0.1) is 18.5 Å². The molecule has 0 radical (unpaired) electrons.